The van der Waals surface area contributed by atoms with E-state index in [9.17, 15) is 0 Å². The van der Waals surface area contributed by atoms with Crippen LogP contribution in [-0.4, -0.2) is 23.6 Å². The van der Waals surface area contributed by atoms with Gasteiger partial charge in [-0.1, -0.05) is 19.1 Å². The molecule has 4 nitrogen and oxygen atoms in total. The molecule has 18 heavy (non-hydrogen) atoms. The number of hydrogen-bond acceptors (Lipinski definition) is 3. The van der Waals surface area contributed by atoms with Gasteiger partial charge in [0.05, 0.1) is 19.0 Å². The molecule has 1 aromatic heterocycles. The maximum Gasteiger partial charge on any atom is 0.128 e. The highest BCUT2D eigenvalue weighted by molar-refractivity contribution is 5.66. The SMILES string of the molecule is COc1ccccc1-c1cnc(CC(C)CN)[nH]1. The van der Waals surface area contributed by atoms with Crippen molar-refractivity contribution in [2.45, 2.75) is 13.3 Å². The second-order valence-corrected chi connectivity index (χ2v) is 4.49. The summed E-state index contributed by atoms with van der Waals surface area (Å²) in [5.74, 6) is 2.25. The smallest absolute Gasteiger partial charge is 0.128 e. The van der Waals surface area contributed by atoms with Crippen molar-refractivity contribution >= 4 is 0 Å². The largest absolute Gasteiger partial charge is 0.496 e. The molecule has 3 N–H and O–H groups in total. The first-order valence-corrected chi connectivity index (χ1v) is 6.12. The molecule has 0 amide bonds. The molecular formula is C14H19N3O. The van der Waals surface area contributed by atoms with Crippen LogP contribution in [0.3, 0.4) is 0 Å². The molecule has 0 bridgehead atoms. The van der Waals surface area contributed by atoms with Crippen LogP contribution < -0.4 is 10.5 Å². The quantitative estimate of drug-likeness (QED) is 0.849. The van der Waals surface area contributed by atoms with E-state index in [2.05, 4.69) is 16.9 Å². The Bertz CT molecular complexity index is 507. The summed E-state index contributed by atoms with van der Waals surface area (Å²) in [6.07, 6.45) is 2.71. The molecule has 0 radical (unpaired) electrons. The molecule has 1 unspecified atom stereocenters. The Kier molecular flexibility index (Phi) is 3.99. The van der Waals surface area contributed by atoms with Gasteiger partial charge < -0.3 is 15.5 Å². The summed E-state index contributed by atoms with van der Waals surface area (Å²) in [5.41, 5.74) is 7.63. The van der Waals surface area contributed by atoms with Crippen molar-refractivity contribution in [1.29, 1.82) is 0 Å². The Labute approximate surface area is 107 Å². The molecule has 2 aromatic rings. The van der Waals surface area contributed by atoms with E-state index in [1.54, 1.807) is 7.11 Å². The molecule has 0 saturated heterocycles. The number of methoxy groups -OCH3 is 1. The fraction of sp³-hybridized carbons (Fsp3) is 0.357. The van der Waals surface area contributed by atoms with Gasteiger partial charge in [-0.2, -0.15) is 0 Å². The van der Waals surface area contributed by atoms with Gasteiger partial charge in [0.15, 0.2) is 0 Å². The van der Waals surface area contributed by atoms with Crippen LogP contribution in [0.4, 0.5) is 0 Å². The highest BCUT2D eigenvalue weighted by Crippen LogP contribution is 2.28. The molecule has 1 atom stereocenters. The Morgan fingerprint density at radius 3 is 2.89 bits per heavy atom. The van der Waals surface area contributed by atoms with Crippen LogP contribution in [0.25, 0.3) is 11.3 Å². The Morgan fingerprint density at radius 2 is 2.17 bits per heavy atom. The molecule has 0 aliphatic rings. The van der Waals surface area contributed by atoms with Gasteiger partial charge in [0, 0.05) is 12.0 Å². The lowest BCUT2D eigenvalue weighted by Crippen LogP contribution is -2.13. The van der Waals surface area contributed by atoms with E-state index in [0.29, 0.717) is 12.5 Å². The molecule has 96 valence electrons. The van der Waals surface area contributed by atoms with Gasteiger partial charge >= 0.3 is 0 Å². The van der Waals surface area contributed by atoms with Crippen molar-refractivity contribution in [3.8, 4) is 17.0 Å². The number of imidazole rings is 1. The van der Waals surface area contributed by atoms with Crippen LogP contribution in [0.2, 0.25) is 0 Å². The van der Waals surface area contributed by atoms with Crippen LogP contribution in [0.1, 0.15) is 12.7 Å². The fourth-order valence-electron chi connectivity index (χ4n) is 1.88. The number of nitrogens with one attached hydrogen (secondary N) is 1. The average Bonchev–Trinajstić information content (AvgIpc) is 2.86. The molecule has 0 spiro atoms. The number of benzene rings is 1. The van der Waals surface area contributed by atoms with Gasteiger partial charge in [-0.3, -0.25) is 0 Å². The molecule has 0 saturated carbocycles. The minimum absolute atomic E-state index is 0.432. The summed E-state index contributed by atoms with van der Waals surface area (Å²) < 4.78 is 5.34. The predicted molar refractivity (Wildman–Crippen MR) is 72.5 cm³/mol. The van der Waals surface area contributed by atoms with E-state index < -0.39 is 0 Å². The van der Waals surface area contributed by atoms with Crippen LogP contribution >= 0.6 is 0 Å². The normalized spacial score (nSPS) is 12.4. The summed E-state index contributed by atoms with van der Waals surface area (Å²) >= 11 is 0. The molecule has 0 fully saturated rings. The van der Waals surface area contributed by atoms with E-state index in [1.165, 1.54) is 0 Å². The third-order valence-corrected chi connectivity index (χ3v) is 2.97. The molecule has 1 aromatic carbocycles. The van der Waals surface area contributed by atoms with Crippen molar-refractivity contribution in [1.82, 2.24) is 9.97 Å². The van der Waals surface area contributed by atoms with Crippen molar-refractivity contribution in [3.05, 3.63) is 36.3 Å². The molecule has 0 aliphatic carbocycles. The summed E-state index contributed by atoms with van der Waals surface area (Å²) in [7, 11) is 1.67. The lowest BCUT2D eigenvalue weighted by atomic mass is 10.1. The standard InChI is InChI=1S/C14H19N3O/c1-10(8-15)7-14-16-9-12(17-14)11-5-3-4-6-13(11)18-2/h3-6,9-10H,7-8,15H2,1-2H3,(H,16,17). The third kappa shape index (κ3) is 2.71. The number of nitrogens with two attached hydrogens (primary N) is 1. The van der Waals surface area contributed by atoms with Crippen LogP contribution in [0, 0.1) is 5.92 Å². The van der Waals surface area contributed by atoms with Crippen LogP contribution in [0.5, 0.6) is 5.75 Å². The first-order valence-electron chi connectivity index (χ1n) is 6.12. The van der Waals surface area contributed by atoms with Crippen molar-refractivity contribution < 1.29 is 4.74 Å². The van der Waals surface area contributed by atoms with Gasteiger partial charge in [0.2, 0.25) is 0 Å². The maximum absolute atomic E-state index is 5.62. The molecular weight excluding hydrogens is 226 g/mol. The molecule has 1 heterocycles. The Morgan fingerprint density at radius 1 is 1.39 bits per heavy atom. The minimum Gasteiger partial charge on any atom is -0.496 e. The number of aromatic amines is 1. The second-order valence-electron chi connectivity index (χ2n) is 4.49. The number of H-pyrrole nitrogens is 1. The predicted octanol–water partition coefficient (Wildman–Crippen LogP) is 2.22. The zero-order chi connectivity index (χ0) is 13.0. The number of ether oxygens (including phenoxy) is 1. The minimum atomic E-state index is 0.432. The maximum atomic E-state index is 5.62. The second kappa shape index (κ2) is 5.69. The van der Waals surface area contributed by atoms with Gasteiger partial charge in [-0.05, 0) is 24.6 Å². The zero-order valence-corrected chi connectivity index (χ0v) is 10.8. The molecule has 0 aliphatic heterocycles. The first kappa shape index (κ1) is 12.6. The van der Waals surface area contributed by atoms with E-state index in [1.807, 2.05) is 30.5 Å². The number of aromatic nitrogens is 2. The third-order valence-electron chi connectivity index (χ3n) is 2.97. The number of hydrogen-bond donors (Lipinski definition) is 2. The first-order chi connectivity index (χ1) is 8.74. The summed E-state index contributed by atoms with van der Waals surface area (Å²) in [6, 6.07) is 7.90. The number of para-hydroxylation sites is 1. The number of rotatable bonds is 5. The van der Waals surface area contributed by atoms with Crippen LogP contribution in [-0.2, 0) is 6.42 Å². The van der Waals surface area contributed by atoms with Crippen molar-refractivity contribution in [2.24, 2.45) is 11.7 Å². The highest BCUT2D eigenvalue weighted by Gasteiger charge is 2.09. The fourth-order valence-corrected chi connectivity index (χ4v) is 1.88. The van der Waals surface area contributed by atoms with Gasteiger partial charge in [0.1, 0.15) is 11.6 Å². The lowest BCUT2D eigenvalue weighted by molar-refractivity contribution is 0.416. The van der Waals surface area contributed by atoms with E-state index >= 15 is 0 Å². The summed E-state index contributed by atoms with van der Waals surface area (Å²) in [5, 5.41) is 0. The topological polar surface area (TPSA) is 63.9 Å². The Hall–Kier alpha value is -1.81. The van der Waals surface area contributed by atoms with Crippen molar-refractivity contribution in [3.63, 3.8) is 0 Å². The highest BCUT2D eigenvalue weighted by atomic mass is 16.5. The Balaban J connectivity index is 2.24. The number of nitrogens with zero attached hydrogens (tertiary/aromatic N) is 1. The monoisotopic (exact) mass is 245 g/mol. The zero-order valence-electron chi connectivity index (χ0n) is 10.8. The van der Waals surface area contributed by atoms with Crippen LogP contribution in [0.15, 0.2) is 30.5 Å². The van der Waals surface area contributed by atoms with Gasteiger partial charge in [-0.15, -0.1) is 0 Å². The molecule has 4 heteroatoms. The summed E-state index contributed by atoms with van der Waals surface area (Å²) in [4.78, 5) is 7.71. The van der Waals surface area contributed by atoms with Gasteiger partial charge in [-0.25, -0.2) is 4.98 Å². The lowest BCUT2D eigenvalue weighted by Gasteiger charge is -2.06. The van der Waals surface area contributed by atoms with Crippen molar-refractivity contribution in [2.75, 3.05) is 13.7 Å². The van der Waals surface area contributed by atoms with E-state index in [4.69, 9.17) is 10.5 Å². The summed E-state index contributed by atoms with van der Waals surface area (Å²) in [6.45, 7) is 2.79. The van der Waals surface area contributed by atoms with E-state index in [0.717, 1.165) is 29.3 Å². The van der Waals surface area contributed by atoms with E-state index in [-0.39, 0.29) is 0 Å². The molecule has 2 rings (SSSR count). The van der Waals surface area contributed by atoms with Gasteiger partial charge in [0.25, 0.3) is 0 Å². The average molecular weight is 245 g/mol.